The molecule has 190 valence electrons. The number of hydrogen-bond donors (Lipinski definition) is 0. The molecular formula is C31H32N2O4. The third kappa shape index (κ3) is 7.10. The molecule has 0 bridgehead atoms. The second-order valence-corrected chi connectivity index (χ2v) is 8.81. The van der Waals surface area contributed by atoms with Gasteiger partial charge in [-0.2, -0.15) is 0 Å². The summed E-state index contributed by atoms with van der Waals surface area (Å²) in [5.74, 6) is 0.333. The second kappa shape index (κ2) is 12.6. The summed E-state index contributed by atoms with van der Waals surface area (Å²) in [5.41, 5.74) is 4.02. The van der Waals surface area contributed by atoms with E-state index >= 15 is 0 Å². The van der Waals surface area contributed by atoms with Gasteiger partial charge in [0, 0.05) is 37.5 Å². The van der Waals surface area contributed by atoms with Gasteiger partial charge in [0.05, 0.1) is 18.5 Å². The van der Waals surface area contributed by atoms with Crippen molar-refractivity contribution in [1.29, 1.82) is 0 Å². The van der Waals surface area contributed by atoms with Gasteiger partial charge >= 0.3 is 5.97 Å². The lowest BCUT2D eigenvalue weighted by Gasteiger charge is -2.17. The number of carbonyl (C=O) groups excluding carboxylic acids is 2. The van der Waals surface area contributed by atoms with Gasteiger partial charge in [-0.05, 0) is 48.2 Å². The molecule has 6 nitrogen and oxygen atoms in total. The van der Waals surface area contributed by atoms with Crippen LogP contribution in [0.2, 0.25) is 0 Å². The lowest BCUT2D eigenvalue weighted by atomic mass is 10.1. The van der Waals surface area contributed by atoms with E-state index < -0.39 is 5.97 Å². The Morgan fingerprint density at radius 2 is 1.65 bits per heavy atom. The van der Waals surface area contributed by atoms with Crippen molar-refractivity contribution >= 4 is 29.0 Å². The third-order valence-corrected chi connectivity index (χ3v) is 6.14. The monoisotopic (exact) mass is 496 g/mol. The van der Waals surface area contributed by atoms with Gasteiger partial charge in [-0.3, -0.25) is 4.79 Å². The van der Waals surface area contributed by atoms with Gasteiger partial charge in [-0.25, -0.2) is 4.79 Å². The molecule has 0 saturated carbocycles. The molecule has 0 aliphatic rings. The zero-order valence-electron chi connectivity index (χ0n) is 21.3. The number of ether oxygens (including phenoxy) is 2. The predicted molar refractivity (Wildman–Crippen MR) is 146 cm³/mol. The Morgan fingerprint density at radius 3 is 2.35 bits per heavy atom. The molecule has 6 heteroatoms. The minimum atomic E-state index is -0.412. The van der Waals surface area contributed by atoms with Crippen molar-refractivity contribution in [1.82, 2.24) is 9.47 Å². The molecule has 0 aliphatic carbocycles. The highest BCUT2D eigenvalue weighted by Crippen LogP contribution is 2.28. The molecule has 4 rings (SSSR count). The maximum absolute atomic E-state index is 13.1. The molecule has 0 fully saturated rings. The maximum atomic E-state index is 13.1. The van der Waals surface area contributed by atoms with E-state index in [9.17, 15) is 9.59 Å². The van der Waals surface area contributed by atoms with E-state index in [0.717, 1.165) is 34.2 Å². The quantitative estimate of drug-likeness (QED) is 0.203. The number of nitrogens with zero attached hydrogens (tertiary/aromatic N) is 2. The van der Waals surface area contributed by atoms with Crippen molar-refractivity contribution in [3.05, 3.63) is 108 Å². The first-order chi connectivity index (χ1) is 18.0. The summed E-state index contributed by atoms with van der Waals surface area (Å²) >= 11 is 0. The first-order valence-electron chi connectivity index (χ1n) is 12.5. The molecule has 0 N–H and O–H groups in total. The minimum absolute atomic E-state index is 0.0277. The van der Waals surface area contributed by atoms with E-state index in [1.165, 1.54) is 11.6 Å². The highest BCUT2D eigenvalue weighted by atomic mass is 16.5. The average Bonchev–Trinajstić information content (AvgIpc) is 3.27. The van der Waals surface area contributed by atoms with Crippen LogP contribution in [-0.2, 0) is 33.8 Å². The molecular weight excluding hydrogens is 464 g/mol. The van der Waals surface area contributed by atoms with Crippen molar-refractivity contribution in [2.24, 2.45) is 0 Å². The number of fused-ring (bicyclic) bond motifs is 1. The number of amides is 1. The van der Waals surface area contributed by atoms with Gasteiger partial charge in [-0.15, -0.1) is 0 Å². The molecule has 0 saturated heterocycles. The average molecular weight is 497 g/mol. The van der Waals surface area contributed by atoms with Crippen LogP contribution in [0, 0.1) is 0 Å². The lowest BCUT2D eigenvalue weighted by molar-refractivity contribution is -0.137. The van der Waals surface area contributed by atoms with Gasteiger partial charge in [0.2, 0.25) is 5.91 Å². The first-order valence-corrected chi connectivity index (χ1v) is 12.5. The van der Waals surface area contributed by atoms with E-state index in [1.807, 2.05) is 84.5 Å². The fourth-order valence-electron chi connectivity index (χ4n) is 4.09. The molecule has 1 aromatic heterocycles. The topological polar surface area (TPSA) is 60.8 Å². The van der Waals surface area contributed by atoms with Crippen LogP contribution in [0.5, 0.6) is 5.75 Å². The first kappa shape index (κ1) is 25.8. The highest BCUT2D eigenvalue weighted by Gasteiger charge is 2.16. The number of carbonyl (C=O) groups is 2. The van der Waals surface area contributed by atoms with Crippen molar-refractivity contribution in [2.45, 2.75) is 26.4 Å². The number of likely N-dealkylation sites (N-methyl/N-ethyl adjacent to an activating group) is 1. The molecule has 0 atom stereocenters. The predicted octanol–water partition coefficient (Wildman–Crippen LogP) is 5.50. The summed E-state index contributed by atoms with van der Waals surface area (Å²) < 4.78 is 12.9. The summed E-state index contributed by atoms with van der Waals surface area (Å²) in [6, 6.07) is 25.9. The standard InChI is InChI=1S/C31H32N2O4/c1-3-36-31(35)17-19-33-22-26(20-30(34)32(2)18-16-24-10-6-4-7-11-24)28-21-27(14-15-29(28)33)37-23-25-12-8-5-9-13-25/h4-15,17,19,21-22H,3,16,18,20,23H2,1-2H3/b19-17+. The van der Waals surface area contributed by atoms with Gasteiger partial charge in [0.1, 0.15) is 12.4 Å². The van der Waals surface area contributed by atoms with E-state index in [2.05, 4.69) is 12.1 Å². The lowest BCUT2D eigenvalue weighted by Crippen LogP contribution is -2.30. The van der Waals surface area contributed by atoms with E-state index in [0.29, 0.717) is 19.8 Å². The SMILES string of the molecule is CCOC(=O)/C=C/n1cc(CC(=O)N(C)CCc2ccccc2)c2cc(OCc3ccccc3)ccc21. The zero-order valence-corrected chi connectivity index (χ0v) is 21.3. The van der Waals surface area contributed by atoms with Crippen LogP contribution in [0.1, 0.15) is 23.6 Å². The van der Waals surface area contributed by atoms with E-state index in [-0.39, 0.29) is 12.3 Å². The minimum Gasteiger partial charge on any atom is -0.489 e. The molecule has 0 radical (unpaired) electrons. The molecule has 0 unspecified atom stereocenters. The van der Waals surface area contributed by atoms with Gasteiger partial charge in [0.15, 0.2) is 0 Å². The van der Waals surface area contributed by atoms with Gasteiger partial charge < -0.3 is 18.9 Å². The van der Waals surface area contributed by atoms with E-state index in [1.54, 1.807) is 18.0 Å². The second-order valence-electron chi connectivity index (χ2n) is 8.81. The van der Waals surface area contributed by atoms with Crippen LogP contribution in [0.4, 0.5) is 0 Å². The van der Waals surface area contributed by atoms with Crippen LogP contribution < -0.4 is 4.74 Å². The number of benzene rings is 3. The summed E-state index contributed by atoms with van der Waals surface area (Å²) in [5, 5.41) is 0.906. The summed E-state index contributed by atoms with van der Waals surface area (Å²) in [6.07, 6.45) is 5.98. The maximum Gasteiger partial charge on any atom is 0.332 e. The Labute approximate surface area is 217 Å². The van der Waals surface area contributed by atoms with Crippen LogP contribution >= 0.6 is 0 Å². The van der Waals surface area contributed by atoms with Gasteiger partial charge in [-0.1, -0.05) is 60.7 Å². The zero-order chi connectivity index (χ0) is 26.0. The van der Waals surface area contributed by atoms with Crippen molar-refractivity contribution < 1.29 is 19.1 Å². The molecule has 4 aromatic rings. The molecule has 37 heavy (non-hydrogen) atoms. The Hall–Kier alpha value is -4.32. The summed E-state index contributed by atoms with van der Waals surface area (Å²) in [6.45, 7) is 3.17. The van der Waals surface area contributed by atoms with Crippen molar-refractivity contribution in [3.63, 3.8) is 0 Å². The number of rotatable bonds is 11. The Morgan fingerprint density at radius 1 is 0.946 bits per heavy atom. The molecule has 1 heterocycles. The Balaban J connectivity index is 1.54. The fraction of sp³-hybridized carbons (Fsp3) is 0.226. The summed E-state index contributed by atoms with van der Waals surface area (Å²) in [7, 11) is 1.83. The smallest absolute Gasteiger partial charge is 0.332 e. The van der Waals surface area contributed by atoms with Crippen molar-refractivity contribution in [2.75, 3.05) is 20.2 Å². The largest absolute Gasteiger partial charge is 0.489 e. The fourth-order valence-corrected chi connectivity index (χ4v) is 4.09. The molecule has 0 aliphatic heterocycles. The third-order valence-electron chi connectivity index (χ3n) is 6.14. The number of esters is 1. The van der Waals surface area contributed by atoms with Gasteiger partial charge in [0.25, 0.3) is 0 Å². The van der Waals surface area contributed by atoms with Crippen LogP contribution in [0.15, 0.2) is 91.1 Å². The van der Waals surface area contributed by atoms with Crippen LogP contribution in [0.3, 0.4) is 0 Å². The molecule has 3 aromatic carbocycles. The number of aromatic nitrogens is 1. The number of hydrogen-bond acceptors (Lipinski definition) is 4. The van der Waals surface area contributed by atoms with Crippen LogP contribution in [-0.4, -0.2) is 41.5 Å². The summed E-state index contributed by atoms with van der Waals surface area (Å²) in [4.78, 5) is 26.8. The highest BCUT2D eigenvalue weighted by molar-refractivity contribution is 5.92. The van der Waals surface area contributed by atoms with Crippen LogP contribution in [0.25, 0.3) is 17.1 Å². The Bertz CT molecular complexity index is 1360. The Kier molecular flexibility index (Phi) is 8.76. The van der Waals surface area contributed by atoms with Crippen molar-refractivity contribution in [3.8, 4) is 5.75 Å². The molecule has 0 spiro atoms. The molecule has 1 amide bonds. The normalized spacial score (nSPS) is 11.1. The van der Waals surface area contributed by atoms with E-state index in [4.69, 9.17) is 9.47 Å².